The van der Waals surface area contributed by atoms with Crippen molar-refractivity contribution in [3.05, 3.63) is 41.7 Å². The fourth-order valence-electron chi connectivity index (χ4n) is 3.37. The van der Waals surface area contributed by atoms with Gasteiger partial charge in [-0.2, -0.15) is 18.3 Å². The number of carbonyl (C=O) groups is 2. The maximum Gasteiger partial charge on any atom is 0.490 e. The van der Waals surface area contributed by atoms with E-state index in [1.54, 1.807) is 13.3 Å². The van der Waals surface area contributed by atoms with Crippen LogP contribution in [0.2, 0.25) is 0 Å². The number of nitrogens with zero attached hydrogens (tertiary/aromatic N) is 3. The number of carbonyl (C=O) groups excluding carboxylic acids is 1. The van der Waals surface area contributed by atoms with Crippen LogP contribution in [0, 0.1) is 0 Å². The third-order valence-electron chi connectivity index (χ3n) is 4.86. The second-order valence-electron chi connectivity index (χ2n) is 7.23. The molecule has 1 aromatic carbocycles. The zero-order valence-electron chi connectivity index (χ0n) is 17.7. The second kappa shape index (κ2) is 10.5. The number of aliphatic carboxylic acids is 1. The van der Waals surface area contributed by atoms with Crippen LogP contribution in [0.1, 0.15) is 17.3 Å². The molecule has 13 heteroatoms. The van der Waals surface area contributed by atoms with Gasteiger partial charge in [0.15, 0.2) is 11.5 Å². The van der Waals surface area contributed by atoms with Crippen molar-refractivity contribution >= 4 is 11.9 Å². The van der Waals surface area contributed by atoms with Crippen LogP contribution in [-0.2, 0) is 27.4 Å². The van der Waals surface area contributed by atoms with Crippen molar-refractivity contribution in [2.45, 2.75) is 25.3 Å². The van der Waals surface area contributed by atoms with Crippen LogP contribution >= 0.6 is 0 Å². The highest BCUT2D eigenvalue weighted by molar-refractivity contribution is 5.80. The molecule has 0 aliphatic carbocycles. The molecule has 2 N–H and O–H groups in total. The van der Waals surface area contributed by atoms with Gasteiger partial charge in [-0.1, -0.05) is 6.07 Å². The summed E-state index contributed by atoms with van der Waals surface area (Å²) in [4.78, 5) is 23.7. The Labute approximate surface area is 186 Å². The number of hydrogen-bond acceptors (Lipinski definition) is 7. The molecule has 2 aliphatic rings. The predicted molar refractivity (Wildman–Crippen MR) is 107 cm³/mol. The molecular weight excluding hydrogens is 449 g/mol. The molecule has 0 spiro atoms. The molecule has 2 aliphatic heterocycles. The maximum absolute atomic E-state index is 12.6. The number of carboxylic acid groups (broad SMARTS) is 1. The molecule has 0 saturated carbocycles. The number of fused-ring (bicyclic) bond motifs is 2. The Balaban J connectivity index is 0.000000383. The lowest BCUT2D eigenvalue weighted by atomic mass is 10.1. The minimum Gasteiger partial charge on any atom is -0.475 e. The van der Waals surface area contributed by atoms with Gasteiger partial charge in [0.1, 0.15) is 6.04 Å². The molecule has 1 atom stereocenters. The molecule has 1 aromatic heterocycles. The second-order valence-corrected chi connectivity index (χ2v) is 7.23. The summed E-state index contributed by atoms with van der Waals surface area (Å²) in [5.41, 5.74) is 2.16. The Morgan fingerprint density at radius 3 is 2.70 bits per heavy atom. The monoisotopic (exact) mass is 472 g/mol. The van der Waals surface area contributed by atoms with Crippen LogP contribution < -0.4 is 14.8 Å². The van der Waals surface area contributed by atoms with Gasteiger partial charge in [-0.3, -0.25) is 14.4 Å². The summed E-state index contributed by atoms with van der Waals surface area (Å²) in [5.74, 6) is -1.24. The summed E-state index contributed by atoms with van der Waals surface area (Å²) >= 11 is 0. The quantitative estimate of drug-likeness (QED) is 0.609. The highest BCUT2D eigenvalue weighted by Gasteiger charge is 2.38. The summed E-state index contributed by atoms with van der Waals surface area (Å²) in [6.07, 6.45) is -3.34. The first-order chi connectivity index (χ1) is 15.7. The van der Waals surface area contributed by atoms with Gasteiger partial charge in [0.25, 0.3) is 0 Å². The molecule has 33 heavy (non-hydrogen) atoms. The molecule has 1 unspecified atom stereocenters. The Kier molecular flexibility index (Phi) is 7.76. The lowest BCUT2D eigenvalue weighted by Crippen LogP contribution is -2.45. The first-order valence-corrected chi connectivity index (χ1v) is 9.89. The number of nitrogens with one attached hydrogen (secondary N) is 1. The minimum atomic E-state index is -5.08. The zero-order valence-corrected chi connectivity index (χ0v) is 17.7. The van der Waals surface area contributed by atoms with Gasteiger partial charge in [-0.05, 0) is 23.8 Å². The highest BCUT2D eigenvalue weighted by atomic mass is 19.4. The Hall–Kier alpha value is -3.32. The van der Waals surface area contributed by atoms with Gasteiger partial charge in [0.05, 0.1) is 12.3 Å². The molecular formula is C20H23F3N4O6. The van der Waals surface area contributed by atoms with E-state index in [9.17, 15) is 18.0 Å². The van der Waals surface area contributed by atoms with E-state index in [0.717, 1.165) is 35.8 Å². The largest absolute Gasteiger partial charge is 0.490 e. The third kappa shape index (κ3) is 6.35. The number of aromatic nitrogens is 2. The van der Waals surface area contributed by atoms with Gasteiger partial charge in [-0.15, -0.1) is 0 Å². The number of halogens is 3. The van der Waals surface area contributed by atoms with Crippen LogP contribution in [-0.4, -0.2) is 71.4 Å². The average Bonchev–Trinajstić information content (AvgIpc) is 3.42. The molecule has 4 rings (SSSR count). The molecule has 10 nitrogen and oxygen atoms in total. The van der Waals surface area contributed by atoms with Crippen molar-refractivity contribution in [3.8, 4) is 11.5 Å². The zero-order chi connectivity index (χ0) is 24.0. The van der Waals surface area contributed by atoms with E-state index in [2.05, 4.69) is 15.3 Å². The smallest absolute Gasteiger partial charge is 0.475 e. The van der Waals surface area contributed by atoms with Gasteiger partial charge in [-0.25, -0.2) is 4.79 Å². The van der Waals surface area contributed by atoms with Crippen LogP contribution in [0.5, 0.6) is 11.5 Å². The standard InChI is InChI=1S/C18H22N4O4.C2HF3O2/c1-24-7-6-19-18(23)15-11-21(10-14-4-5-20-22(14)15)9-13-2-3-16-17(8-13)26-12-25-16;3-2(4,5)1(6)7/h2-5,8,15H,6-7,9-12H2,1H3,(H,19,23);(H,6,7). The molecule has 3 heterocycles. The lowest BCUT2D eigenvalue weighted by Gasteiger charge is -2.33. The number of rotatable bonds is 6. The van der Waals surface area contributed by atoms with E-state index < -0.39 is 12.1 Å². The van der Waals surface area contributed by atoms with E-state index in [0.29, 0.717) is 19.7 Å². The van der Waals surface area contributed by atoms with Crippen molar-refractivity contribution in [3.63, 3.8) is 0 Å². The fraction of sp³-hybridized carbons (Fsp3) is 0.450. The fourth-order valence-corrected chi connectivity index (χ4v) is 3.37. The molecule has 180 valence electrons. The van der Waals surface area contributed by atoms with Gasteiger partial charge >= 0.3 is 12.1 Å². The third-order valence-corrected chi connectivity index (χ3v) is 4.86. The molecule has 2 aromatic rings. The molecule has 0 saturated heterocycles. The van der Waals surface area contributed by atoms with Crippen molar-refractivity contribution in [1.82, 2.24) is 20.0 Å². The first-order valence-electron chi connectivity index (χ1n) is 9.89. The Bertz CT molecular complexity index is 981. The SMILES string of the molecule is COCCNC(=O)C1CN(Cc2ccc3c(c2)OCO3)Cc2ccnn21.O=C(O)C(F)(F)F. The van der Waals surface area contributed by atoms with E-state index in [1.807, 2.05) is 28.9 Å². The Morgan fingerprint density at radius 1 is 1.27 bits per heavy atom. The molecule has 0 fully saturated rings. The normalized spacial score (nSPS) is 17.0. The number of methoxy groups -OCH3 is 1. The van der Waals surface area contributed by atoms with Gasteiger partial charge in [0, 0.05) is 39.5 Å². The maximum atomic E-state index is 12.6. The van der Waals surface area contributed by atoms with Crippen molar-refractivity contribution in [2.75, 3.05) is 33.6 Å². The van der Waals surface area contributed by atoms with E-state index in [4.69, 9.17) is 24.1 Å². The number of amides is 1. The number of hydrogen-bond donors (Lipinski definition) is 2. The topological polar surface area (TPSA) is 115 Å². The summed E-state index contributed by atoms with van der Waals surface area (Å²) in [5, 5.41) is 14.4. The summed E-state index contributed by atoms with van der Waals surface area (Å²) in [6, 6.07) is 7.58. The van der Waals surface area contributed by atoms with Crippen LogP contribution in [0.15, 0.2) is 30.5 Å². The molecule has 0 bridgehead atoms. The van der Waals surface area contributed by atoms with Crippen LogP contribution in [0.4, 0.5) is 13.2 Å². The average molecular weight is 472 g/mol. The van der Waals surface area contributed by atoms with Gasteiger partial charge in [0.2, 0.25) is 12.7 Å². The summed E-state index contributed by atoms with van der Waals surface area (Å²) in [6.45, 7) is 3.32. The van der Waals surface area contributed by atoms with Crippen molar-refractivity contribution in [1.29, 1.82) is 0 Å². The number of ether oxygens (including phenoxy) is 3. The lowest BCUT2D eigenvalue weighted by molar-refractivity contribution is -0.192. The number of benzene rings is 1. The first kappa shape index (κ1) is 24.3. The van der Waals surface area contributed by atoms with E-state index >= 15 is 0 Å². The summed E-state index contributed by atoms with van der Waals surface area (Å²) < 4.78 is 49.4. The van der Waals surface area contributed by atoms with Crippen LogP contribution in [0.25, 0.3) is 0 Å². The van der Waals surface area contributed by atoms with Crippen molar-refractivity contribution < 1.29 is 42.1 Å². The van der Waals surface area contributed by atoms with E-state index in [-0.39, 0.29) is 18.7 Å². The van der Waals surface area contributed by atoms with Crippen molar-refractivity contribution in [2.24, 2.45) is 0 Å². The minimum absolute atomic E-state index is 0.0395. The van der Waals surface area contributed by atoms with Crippen LogP contribution in [0.3, 0.4) is 0 Å². The number of carboxylic acids is 1. The molecule has 1 amide bonds. The predicted octanol–water partition coefficient (Wildman–Crippen LogP) is 1.56. The molecule has 0 radical (unpaired) electrons. The number of alkyl halides is 3. The highest BCUT2D eigenvalue weighted by Crippen LogP contribution is 2.33. The Morgan fingerprint density at radius 2 is 2.00 bits per heavy atom. The summed E-state index contributed by atoms with van der Waals surface area (Å²) in [7, 11) is 1.62. The van der Waals surface area contributed by atoms with E-state index in [1.165, 1.54) is 0 Å². The van der Waals surface area contributed by atoms with Gasteiger partial charge < -0.3 is 24.6 Å².